The minimum absolute atomic E-state index is 0.0550. The van der Waals surface area contributed by atoms with Crippen molar-refractivity contribution in [3.8, 4) is 34.2 Å². The van der Waals surface area contributed by atoms with Gasteiger partial charge in [0.05, 0.1) is 12.2 Å². The Morgan fingerprint density at radius 1 is 0.875 bits per heavy atom. The zero-order valence-electron chi connectivity index (χ0n) is 27.3. The van der Waals surface area contributed by atoms with Crippen LogP contribution in [0.15, 0.2) is 94.9 Å². The molecule has 2 amide bonds. The number of amidine groups is 1. The highest BCUT2D eigenvalue weighted by Gasteiger charge is 2.34. The van der Waals surface area contributed by atoms with Crippen molar-refractivity contribution in [1.82, 2.24) is 9.88 Å². The summed E-state index contributed by atoms with van der Waals surface area (Å²) < 4.78 is 3.71. The molecule has 0 fully saturated rings. The van der Waals surface area contributed by atoms with E-state index in [0.29, 0.717) is 38.2 Å². The molecule has 0 saturated carbocycles. The zero-order valence-corrected chi connectivity index (χ0v) is 27.3. The van der Waals surface area contributed by atoms with Gasteiger partial charge >= 0.3 is 0 Å². The Labute approximate surface area is 282 Å². The van der Waals surface area contributed by atoms with E-state index in [1.54, 1.807) is 6.34 Å². The van der Waals surface area contributed by atoms with Crippen molar-refractivity contribution in [1.29, 1.82) is 5.41 Å². The van der Waals surface area contributed by atoms with E-state index in [1.807, 2.05) is 48.5 Å². The SMILES string of the molecule is C=NC(=O)CCCCCNC(=O)CCCCC#Cc1cccc(Cn2c3c(c(-c4ccccc4)c2-c2ccccc2)C(=N)[N+](=C)C=N3)c1. The predicted molar refractivity (Wildman–Crippen MR) is 195 cm³/mol. The number of rotatable bonds is 14. The second-order valence-corrected chi connectivity index (χ2v) is 11.7. The molecular weight excluding hydrogens is 596 g/mol. The summed E-state index contributed by atoms with van der Waals surface area (Å²) >= 11 is 0. The molecule has 5 rings (SSSR count). The molecule has 0 unspecified atom stereocenters. The normalized spacial score (nSPS) is 11.8. The van der Waals surface area contributed by atoms with Gasteiger partial charge in [-0.1, -0.05) is 96.1 Å². The van der Waals surface area contributed by atoms with Crippen LogP contribution in [0.4, 0.5) is 5.82 Å². The number of unbranched alkanes of at least 4 members (excludes halogenated alkanes) is 4. The number of amides is 2. The monoisotopic (exact) mass is 637 g/mol. The molecule has 1 aromatic heterocycles. The first kappa shape index (κ1) is 33.7. The van der Waals surface area contributed by atoms with Crippen LogP contribution in [0.2, 0.25) is 0 Å². The highest BCUT2D eigenvalue weighted by Crippen LogP contribution is 2.44. The molecule has 2 N–H and O–H groups in total. The van der Waals surface area contributed by atoms with Crippen molar-refractivity contribution in [2.24, 2.45) is 9.98 Å². The van der Waals surface area contributed by atoms with Crippen LogP contribution in [0.5, 0.6) is 0 Å². The van der Waals surface area contributed by atoms with Crippen molar-refractivity contribution >= 4 is 43.2 Å². The third-order valence-corrected chi connectivity index (χ3v) is 8.21. The van der Waals surface area contributed by atoms with Crippen LogP contribution in [-0.4, -0.2) is 53.1 Å². The van der Waals surface area contributed by atoms with Crippen molar-refractivity contribution in [3.63, 3.8) is 0 Å². The topological polar surface area (TPSA) is 103 Å². The summed E-state index contributed by atoms with van der Waals surface area (Å²) in [5.74, 6) is 7.50. The molecule has 2 heterocycles. The first-order valence-electron chi connectivity index (χ1n) is 16.4. The van der Waals surface area contributed by atoms with E-state index in [4.69, 9.17) is 10.4 Å². The van der Waals surface area contributed by atoms with Gasteiger partial charge in [-0.05, 0) is 61.2 Å². The number of nitrogens with one attached hydrogen (secondary N) is 2. The van der Waals surface area contributed by atoms with Gasteiger partial charge < -0.3 is 9.88 Å². The van der Waals surface area contributed by atoms with Gasteiger partial charge in [0.1, 0.15) is 5.56 Å². The maximum Gasteiger partial charge on any atom is 0.271 e. The highest BCUT2D eigenvalue weighted by atomic mass is 16.2. The van der Waals surface area contributed by atoms with Gasteiger partial charge in [0.15, 0.2) is 0 Å². The van der Waals surface area contributed by atoms with Crippen LogP contribution in [-0.2, 0) is 16.1 Å². The van der Waals surface area contributed by atoms with E-state index in [2.05, 4.69) is 76.6 Å². The Hall–Kier alpha value is -5.68. The number of aromatic nitrogens is 1. The molecular formula is C40H41N6O2+. The molecule has 0 radical (unpaired) electrons. The fraction of sp³-hybridized carbons (Fsp3) is 0.250. The highest BCUT2D eigenvalue weighted by molar-refractivity contribution is 6.10. The molecule has 1 aliphatic heterocycles. The molecule has 0 atom stereocenters. The average Bonchev–Trinajstić information content (AvgIpc) is 3.44. The average molecular weight is 638 g/mol. The molecule has 48 heavy (non-hydrogen) atoms. The minimum Gasteiger partial charge on any atom is -0.356 e. The molecule has 242 valence electrons. The van der Waals surface area contributed by atoms with E-state index in [-0.39, 0.29) is 11.8 Å². The van der Waals surface area contributed by atoms with Gasteiger partial charge in [0.2, 0.25) is 24.0 Å². The molecule has 0 bridgehead atoms. The van der Waals surface area contributed by atoms with E-state index in [9.17, 15) is 9.59 Å². The quantitative estimate of drug-likeness (QED) is 0.0652. The number of carbonyl (C=O) groups is 2. The number of aliphatic imine (C=N–C) groups is 2. The maximum absolute atomic E-state index is 12.1. The first-order chi connectivity index (χ1) is 23.5. The van der Waals surface area contributed by atoms with Gasteiger partial charge in [-0.2, -0.15) is 5.41 Å². The van der Waals surface area contributed by atoms with Crippen LogP contribution < -0.4 is 5.32 Å². The number of benzene rings is 3. The van der Waals surface area contributed by atoms with Gasteiger partial charge in [-0.25, -0.2) is 9.57 Å². The lowest BCUT2D eigenvalue weighted by Crippen LogP contribution is -2.23. The van der Waals surface area contributed by atoms with E-state index >= 15 is 0 Å². The summed E-state index contributed by atoms with van der Waals surface area (Å²) in [5, 5.41) is 11.9. The van der Waals surface area contributed by atoms with E-state index in [0.717, 1.165) is 77.0 Å². The molecule has 8 nitrogen and oxygen atoms in total. The number of carbonyl (C=O) groups excluding carboxylic acids is 2. The smallest absolute Gasteiger partial charge is 0.271 e. The summed E-state index contributed by atoms with van der Waals surface area (Å²) in [6, 6.07) is 28.7. The number of hydrogen-bond donors (Lipinski definition) is 2. The second-order valence-electron chi connectivity index (χ2n) is 11.7. The Bertz CT molecular complexity index is 1890. The summed E-state index contributed by atoms with van der Waals surface area (Å²) in [5.41, 5.74) is 6.80. The Morgan fingerprint density at radius 2 is 1.60 bits per heavy atom. The standard InChI is InChI=1S/C40H40N6O2/c1-42-34(47)24-14-7-15-26-43-35(48)25-13-4-3-8-17-30-18-16-19-31(27-30)28-46-38(33-22-11-6-12-23-33)36(32-20-9-5-10-21-32)37-39(41)45(2)29-44-40(37)46/h5-6,9-12,16,18-23,27,29,41H,1-4,7,13-15,24-26,28H2/p+1. The lowest BCUT2D eigenvalue weighted by atomic mass is 9.96. The summed E-state index contributed by atoms with van der Waals surface area (Å²) in [6.45, 7) is 8.42. The molecule has 3 aromatic carbocycles. The number of nitrogens with zero attached hydrogens (tertiary/aromatic N) is 4. The van der Waals surface area contributed by atoms with E-state index in [1.165, 1.54) is 4.58 Å². The van der Waals surface area contributed by atoms with Crippen molar-refractivity contribution < 1.29 is 14.2 Å². The van der Waals surface area contributed by atoms with Crippen molar-refractivity contribution in [2.75, 3.05) is 6.54 Å². The fourth-order valence-electron chi connectivity index (χ4n) is 5.79. The van der Waals surface area contributed by atoms with Crippen LogP contribution in [0.25, 0.3) is 22.4 Å². The van der Waals surface area contributed by atoms with Gasteiger partial charge in [0.25, 0.3) is 5.84 Å². The Morgan fingerprint density at radius 3 is 2.35 bits per heavy atom. The number of fused-ring (bicyclic) bond motifs is 1. The molecule has 0 saturated heterocycles. The van der Waals surface area contributed by atoms with Crippen molar-refractivity contribution in [3.05, 3.63) is 102 Å². The third-order valence-electron chi connectivity index (χ3n) is 8.21. The van der Waals surface area contributed by atoms with Gasteiger partial charge in [-0.3, -0.25) is 9.59 Å². The van der Waals surface area contributed by atoms with Crippen LogP contribution in [0, 0.1) is 17.3 Å². The first-order valence-corrected chi connectivity index (χ1v) is 16.4. The molecule has 8 heteroatoms. The predicted octanol–water partition coefficient (Wildman–Crippen LogP) is 7.40. The summed E-state index contributed by atoms with van der Waals surface area (Å²) in [7, 11) is 0. The lowest BCUT2D eigenvalue weighted by Gasteiger charge is -2.13. The molecule has 0 aliphatic carbocycles. The van der Waals surface area contributed by atoms with Crippen LogP contribution >= 0.6 is 0 Å². The summed E-state index contributed by atoms with van der Waals surface area (Å²) in [6.07, 6.45) is 7.34. The minimum atomic E-state index is -0.176. The second kappa shape index (κ2) is 16.8. The lowest BCUT2D eigenvalue weighted by molar-refractivity contribution is -0.246. The van der Waals surface area contributed by atoms with Crippen LogP contribution in [0.3, 0.4) is 0 Å². The molecule has 4 aromatic rings. The Balaban J connectivity index is 1.25. The third kappa shape index (κ3) is 8.56. The van der Waals surface area contributed by atoms with Gasteiger partial charge in [-0.15, -0.1) is 0 Å². The van der Waals surface area contributed by atoms with Gasteiger partial charge in [0, 0.05) is 43.7 Å². The largest absolute Gasteiger partial charge is 0.356 e. The van der Waals surface area contributed by atoms with Crippen molar-refractivity contribution in [2.45, 2.75) is 57.9 Å². The van der Waals surface area contributed by atoms with Crippen LogP contribution in [0.1, 0.15) is 68.1 Å². The fourth-order valence-corrected chi connectivity index (χ4v) is 5.79. The number of hydrogen-bond acceptors (Lipinski definition) is 4. The van der Waals surface area contributed by atoms with E-state index < -0.39 is 0 Å². The molecule has 1 aliphatic rings. The summed E-state index contributed by atoms with van der Waals surface area (Å²) in [4.78, 5) is 31.5. The molecule has 0 spiro atoms. The Kier molecular flexibility index (Phi) is 11.8. The zero-order chi connectivity index (χ0) is 33.7. The maximum atomic E-state index is 12.1.